The van der Waals surface area contributed by atoms with E-state index in [0.29, 0.717) is 32.7 Å². The number of nitrogens with zero attached hydrogens (tertiary/aromatic N) is 3. The Morgan fingerprint density at radius 1 is 1.21 bits per heavy atom. The quantitative estimate of drug-likeness (QED) is 0.901. The first-order valence-corrected chi connectivity index (χ1v) is 7.56. The van der Waals surface area contributed by atoms with Gasteiger partial charge >= 0.3 is 6.18 Å². The average molecular weight is 344 g/mol. The van der Waals surface area contributed by atoms with Crippen LogP contribution in [-0.4, -0.2) is 59.3 Å². The number of alkyl halides is 3. The van der Waals surface area contributed by atoms with Gasteiger partial charge in [-0.2, -0.15) is 13.2 Å². The van der Waals surface area contributed by atoms with Crippen molar-refractivity contribution >= 4 is 17.5 Å². The van der Waals surface area contributed by atoms with Crippen molar-refractivity contribution in [2.75, 3.05) is 38.0 Å². The molecule has 24 heavy (non-hydrogen) atoms. The maximum atomic E-state index is 12.4. The lowest BCUT2D eigenvalue weighted by Gasteiger charge is -2.34. The van der Waals surface area contributed by atoms with Gasteiger partial charge in [-0.25, -0.2) is 4.98 Å². The third-order valence-corrected chi connectivity index (χ3v) is 3.81. The average Bonchev–Trinajstić information content (AvgIpc) is 2.53. The number of rotatable bonds is 4. The van der Waals surface area contributed by atoms with Crippen molar-refractivity contribution in [3.05, 3.63) is 24.0 Å². The summed E-state index contributed by atoms with van der Waals surface area (Å²) in [7, 11) is 0. The standard InChI is InChI=1S/C15H19F3N4O2/c1-11(23)22-8-6-21(7-9-22)5-4-14(24)20-12-2-3-13(19-10-12)15(16,17)18/h2-3,10H,4-9H2,1H3,(H,20,24). The smallest absolute Gasteiger partial charge is 0.340 e. The van der Waals surface area contributed by atoms with Crippen LogP contribution in [0.5, 0.6) is 0 Å². The Morgan fingerprint density at radius 2 is 1.88 bits per heavy atom. The van der Waals surface area contributed by atoms with Crippen LogP contribution in [0.25, 0.3) is 0 Å². The van der Waals surface area contributed by atoms with Gasteiger partial charge in [-0.15, -0.1) is 0 Å². The highest BCUT2D eigenvalue weighted by Crippen LogP contribution is 2.27. The molecule has 1 aromatic heterocycles. The second kappa shape index (κ2) is 7.61. The van der Waals surface area contributed by atoms with Gasteiger partial charge in [0, 0.05) is 46.1 Å². The molecular formula is C15H19F3N4O2. The van der Waals surface area contributed by atoms with Crippen molar-refractivity contribution in [2.45, 2.75) is 19.5 Å². The number of piperazine rings is 1. The Hall–Kier alpha value is -2.16. The van der Waals surface area contributed by atoms with Gasteiger partial charge < -0.3 is 10.2 Å². The maximum absolute atomic E-state index is 12.4. The van der Waals surface area contributed by atoms with Gasteiger partial charge in [0.25, 0.3) is 0 Å². The summed E-state index contributed by atoms with van der Waals surface area (Å²) in [5.41, 5.74) is -0.766. The molecule has 9 heteroatoms. The van der Waals surface area contributed by atoms with E-state index in [0.717, 1.165) is 12.3 Å². The number of pyridine rings is 1. The SMILES string of the molecule is CC(=O)N1CCN(CCC(=O)Nc2ccc(C(F)(F)F)nc2)CC1. The summed E-state index contributed by atoms with van der Waals surface area (Å²) in [5, 5.41) is 2.53. The van der Waals surface area contributed by atoms with Crippen LogP contribution >= 0.6 is 0 Å². The Labute approximate surface area is 137 Å². The number of amides is 2. The zero-order chi connectivity index (χ0) is 17.7. The second-order valence-corrected chi connectivity index (χ2v) is 5.58. The van der Waals surface area contributed by atoms with Gasteiger partial charge in [0.05, 0.1) is 11.9 Å². The highest BCUT2D eigenvalue weighted by Gasteiger charge is 2.32. The van der Waals surface area contributed by atoms with Crippen LogP contribution in [0.2, 0.25) is 0 Å². The number of hydrogen-bond acceptors (Lipinski definition) is 4. The van der Waals surface area contributed by atoms with Crippen LogP contribution in [0.3, 0.4) is 0 Å². The molecule has 1 saturated heterocycles. The highest BCUT2D eigenvalue weighted by molar-refractivity contribution is 5.90. The minimum Gasteiger partial charge on any atom is -0.340 e. The van der Waals surface area contributed by atoms with Crippen LogP contribution in [0.15, 0.2) is 18.3 Å². The monoisotopic (exact) mass is 344 g/mol. The molecule has 132 valence electrons. The highest BCUT2D eigenvalue weighted by atomic mass is 19.4. The van der Waals surface area contributed by atoms with Crippen LogP contribution in [-0.2, 0) is 15.8 Å². The molecule has 6 nitrogen and oxygen atoms in total. The molecule has 2 rings (SSSR count). The lowest BCUT2D eigenvalue weighted by atomic mass is 10.2. The van der Waals surface area contributed by atoms with Gasteiger partial charge in [-0.3, -0.25) is 14.5 Å². The fourth-order valence-corrected chi connectivity index (χ4v) is 2.41. The summed E-state index contributed by atoms with van der Waals surface area (Å²) in [5.74, 6) is -0.243. The molecule has 2 amide bonds. The molecular weight excluding hydrogens is 325 g/mol. The van der Waals surface area contributed by atoms with Gasteiger partial charge in [0.2, 0.25) is 11.8 Å². The third-order valence-electron chi connectivity index (χ3n) is 3.81. The van der Waals surface area contributed by atoms with E-state index in [-0.39, 0.29) is 23.9 Å². The minimum atomic E-state index is -4.50. The van der Waals surface area contributed by atoms with E-state index in [1.807, 2.05) is 0 Å². The largest absolute Gasteiger partial charge is 0.433 e. The summed E-state index contributed by atoms with van der Waals surface area (Å²) in [4.78, 5) is 30.2. The Morgan fingerprint density at radius 3 is 2.38 bits per heavy atom. The number of carbonyl (C=O) groups is 2. The molecule has 0 aliphatic carbocycles. The number of hydrogen-bond donors (Lipinski definition) is 1. The summed E-state index contributed by atoms with van der Waals surface area (Å²) >= 11 is 0. The summed E-state index contributed by atoms with van der Waals surface area (Å²) in [6.07, 6.45) is -3.28. The van der Waals surface area contributed by atoms with Crippen LogP contribution < -0.4 is 5.32 Å². The Bertz CT molecular complexity index is 581. The van der Waals surface area contributed by atoms with Crippen molar-refractivity contribution in [2.24, 2.45) is 0 Å². The van der Waals surface area contributed by atoms with Crippen molar-refractivity contribution in [3.8, 4) is 0 Å². The molecule has 2 heterocycles. The predicted molar refractivity (Wildman–Crippen MR) is 81.2 cm³/mol. The maximum Gasteiger partial charge on any atom is 0.433 e. The molecule has 0 aromatic carbocycles. The van der Waals surface area contributed by atoms with E-state index in [1.165, 1.54) is 13.0 Å². The summed E-state index contributed by atoms with van der Waals surface area (Å²) in [6, 6.07) is 2.01. The third kappa shape index (κ3) is 5.19. The first-order chi connectivity index (χ1) is 11.3. The molecule has 0 atom stereocenters. The van der Waals surface area contributed by atoms with Crippen LogP contribution in [0.4, 0.5) is 18.9 Å². The van der Waals surface area contributed by atoms with Crippen molar-refractivity contribution in [1.29, 1.82) is 0 Å². The predicted octanol–water partition coefficient (Wildman–Crippen LogP) is 1.59. The number of aromatic nitrogens is 1. The van der Waals surface area contributed by atoms with E-state index in [2.05, 4.69) is 15.2 Å². The van der Waals surface area contributed by atoms with Crippen molar-refractivity contribution in [1.82, 2.24) is 14.8 Å². The Kier molecular flexibility index (Phi) is 5.76. The van der Waals surface area contributed by atoms with Gasteiger partial charge in [0.1, 0.15) is 5.69 Å². The number of halogens is 3. The molecule has 0 unspecified atom stereocenters. The first-order valence-electron chi connectivity index (χ1n) is 7.56. The summed E-state index contributed by atoms with van der Waals surface area (Å²) in [6.45, 7) is 4.75. The normalized spacial score (nSPS) is 16.1. The molecule has 1 fully saturated rings. The lowest BCUT2D eigenvalue weighted by molar-refractivity contribution is -0.141. The molecule has 1 aliphatic rings. The molecule has 0 bridgehead atoms. The van der Waals surface area contributed by atoms with Crippen molar-refractivity contribution < 1.29 is 22.8 Å². The molecule has 1 aliphatic heterocycles. The zero-order valence-corrected chi connectivity index (χ0v) is 13.3. The van der Waals surface area contributed by atoms with Gasteiger partial charge in [0.15, 0.2) is 0 Å². The number of anilines is 1. The van der Waals surface area contributed by atoms with Gasteiger partial charge in [-0.1, -0.05) is 0 Å². The molecule has 0 spiro atoms. The van der Waals surface area contributed by atoms with E-state index in [4.69, 9.17) is 0 Å². The molecule has 1 N–H and O–H groups in total. The zero-order valence-electron chi connectivity index (χ0n) is 13.3. The van der Waals surface area contributed by atoms with Crippen molar-refractivity contribution in [3.63, 3.8) is 0 Å². The van der Waals surface area contributed by atoms with E-state index in [1.54, 1.807) is 4.90 Å². The molecule has 0 saturated carbocycles. The topological polar surface area (TPSA) is 65.5 Å². The first kappa shape index (κ1) is 18.2. The number of carbonyl (C=O) groups excluding carboxylic acids is 2. The Balaban J connectivity index is 1.75. The second-order valence-electron chi connectivity index (χ2n) is 5.58. The minimum absolute atomic E-state index is 0.0437. The fourth-order valence-electron chi connectivity index (χ4n) is 2.41. The van der Waals surface area contributed by atoms with E-state index >= 15 is 0 Å². The van der Waals surface area contributed by atoms with E-state index < -0.39 is 11.9 Å². The molecule has 0 radical (unpaired) electrons. The molecule has 1 aromatic rings. The van der Waals surface area contributed by atoms with Crippen LogP contribution in [0.1, 0.15) is 19.0 Å². The lowest BCUT2D eigenvalue weighted by Crippen LogP contribution is -2.48. The fraction of sp³-hybridized carbons (Fsp3) is 0.533. The van der Waals surface area contributed by atoms with Crippen LogP contribution in [0, 0.1) is 0 Å². The van der Waals surface area contributed by atoms with E-state index in [9.17, 15) is 22.8 Å². The summed E-state index contributed by atoms with van der Waals surface area (Å²) < 4.78 is 37.2. The number of nitrogens with one attached hydrogen (secondary N) is 1. The van der Waals surface area contributed by atoms with Gasteiger partial charge in [-0.05, 0) is 12.1 Å².